The summed E-state index contributed by atoms with van der Waals surface area (Å²) < 4.78 is 11.0. The van der Waals surface area contributed by atoms with E-state index in [1.807, 2.05) is 14.0 Å². The molecule has 0 spiro atoms. The van der Waals surface area contributed by atoms with Gasteiger partial charge in [0.25, 0.3) is 0 Å². The maximum atomic E-state index is 11.8. The van der Waals surface area contributed by atoms with Crippen LogP contribution in [-0.2, 0) is 14.3 Å². The molecule has 0 amide bonds. The van der Waals surface area contributed by atoms with Crippen molar-refractivity contribution in [3.63, 3.8) is 0 Å². The zero-order valence-electron chi connectivity index (χ0n) is 15.7. The van der Waals surface area contributed by atoms with Crippen molar-refractivity contribution in [1.82, 2.24) is 10.2 Å². The van der Waals surface area contributed by atoms with Gasteiger partial charge in [0.05, 0.1) is 18.6 Å². The predicted octanol–water partition coefficient (Wildman–Crippen LogP) is 2.80. The van der Waals surface area contributed by atoms with Crippen LogP contribution in [0.25, 0.3) is 0 Å². The molecule has 2 fully saturated rings. The molecule has 146 valence electrons. The number of nitrogens with one attached hydrogen (secondary N) is 1. The van der Waals surface area contributed by atoms with Crippen LogP contribution in [-0.4, -0.2) is 62.8 Å². The van der Waals surface area contributed by atoms with Gasteiger partial charge in [-0.05, 0) is 39.0 Å². The highest BCUT2D eigenvalue weighted by atomic mass is 127. The maximum absolute atomic E-state index is 11.8. The SMILES string of the molecule is CCOC(=O)C1CCN(C(=NC)NCCCOC2CCCC2)CC1.I. The van der Waals surface area contributed by atoms with Gasteiger partial charge in [-0.15, -0.1) is 24.0 Å². The summed E-state index contributed by atoms with van der Waals surface area (Å²) >= 11 is 0. The average molecular weight is 467 g/mol. The number of carbonyl (C=O) groups is 1. The van der Waals surface area contributed by atoms with Gasteiger partial charge in [0.1, 0.15) is 0 Å². The monoisotopic (exact) mass is 467 g/mol. The van der Waals surface area contributed by atoms with Crippen LogP contribution < -0.4 is 5.32 Å². The smallest absolute Gasteiger partial charge is 0.309 e. The molecule has 0 unspecified atom stereocenters. The molecule has 1 aliphatic heterocycles. The first kappa shape index (κ1) is 22.5. The lowest BCUT2D eigenvalue weighted by Crippen LogP contribution is -2.47. The lowest BCUT2D eigenvalue weighted by molar-refractivity contribution is -0.149. The molecule has 0 bridgehead atoms. The number of carbonyl (C=O) groups excluding carboxylic acids is 1. The van der Waals surface area contributed by atoms with E-state index in [-0.39, 0.29) is 35.9 Å². The van der Waals surface area contributed by atoms with Gasteiger partial charge in [0.2, 0.25) is 0 Å². The van der Waals surface area contributed by atoms with E-state index < -0.39 is 0 Å². The number of ether oxygens (including phenoxy) is 2. The molecule has 0 aromatic heterocycles. The van der Waals surface area contributed by atoms with Gasteiger partial charge in [-0.1, -0.05) is 12.8 Å². The van der Waals surface area contributed by atoms with Crippen molar-refractivity contribution in [2.75, 3.05) is 39.9 Å². The lowest BCUT2D eigenvalue weighted by atomic mass is 9.97. The molecule has 1 heterocycles. The standard InChI is InChI=1S/C18H33N3O3.HI/c1-3-23-17(22)15-9-12-21(13-10-15)18(19-2)20-11-6-14-24-16-7-4-5-8-16;/h15-16H,3-14H2,1-2H3,(H,19,20);1H. The summed E-state index contributed by atoms with van der Waals surface area (Å²) in [5, 5.41) is 3.41. The number of guanidine groups is 1. The molecule has 0 aromatic carbocycles. The highest BCUT2D eigenvalue weighted by Crippen LogP contribution is 2.21. The first-order chi connectivity index (χ1) is 11.7. The fourth-order valence-electron chi connectivity index (χ4n) is 3.50. The Labute approximate surface area is 169 Å². The molecule has 2 rings (SSSR count). The highest BCUT2D eigenvalue weighted by molar-refractivity contribution is 14.0. The number of halogens is 1. The zero-order chi connectivity index (χ0) is 17.2. The van der Waals surface area contributed by atoms with Gasteiger partial charge in [0, 0.05) is 33.3 Å². The van der Waals surface area contributed by atoms with Crippen LogP contribution in [0.1, 0.15) is 51.9 Å². The third-order valence-corrected chi connectivity index (χ3v) is 4.89. The Hall–Kier alpha value is -0.570. The van der Waals surface area contributed by atoms with E-state index >= 15 is 0 Å². The number of hydrogen-bond donors (Lipinski definition) is 1. The number of rotatable bonds is 7. The molecule has 1 saturated carbocycles. The van der Waals surface area contributed by atoms with Crippen molar-refractivity contribution in [3.8, 4) is 0 Å². The zero-order valence-corrected chi connectivity index (χ0v) is 18.0. The van der Waals surface area contributed by atoms with E-state index in [0.29, 0.717) is 12.7 Å². The third-order valence-electron chi connectivity index (χ3n) is 4.89. The summed E-state index contributed by atoms with van der Waals surface area (Å²) in [5.74, 6) is 0.918. The summed E-state index contributed by atoms with van der Waals surface area (Å²) in [7, 11) is 1.81. The maximum Gasteiger partial charge on any atom is 0.309 e. The van der Waals surface area contributed by atoms with E-state index in [1.54, 1.807) is 0 Å². The number of nitrogens with zero attached hydrogens (tertiary/aromatic N) is 2. The Morgan fingerprint density at radius 3 is 2.48 bits per heavy atom. The van der Waals surface area contributed by atoms with Crippen LogP contribution >= 0.6 is 24.0 Å². The van der Waals surface area contributed by atoms with Crippen LogP contribution in [0.3, 0.4) is 0 Å². The molecule has 1 saturated heterocycles. The lowest BCUT2D eigenvalue weighted by Gasteiger charge is -2.33. The topological polar surface area (TPSA) is 63.2 Å². The van der Waals surface area contributed by atoms with E-state index in [2.05, 4.69) is 15.2 Å². The molecule has 1 aliphatic carbocycles. The molecule has 0 aromatic rings. The number of hydrogen-bond acceptors (Lipinski definition) is 4. The summed E-state index contributed by atoms with van der Waals surface area (Å²) in [5.41, 5.74) is 0. The third kappa shape index (κ3) is 7.68. The van der Waals surface area contributed by atoms with Crippen LogP contribution in [0.4, 0.5) is 0 Å². The van der Waals surface area contributed by atoms with Crippen molar-refractivity contribution in [3.05, 3.63) is 0 Å². The summed E-state index contributed by atoms with van der Waals surface area (Å²) in [6.07, 6.45) is 8.25. The molecule has 7 heteroatoms. The molecule has 25 heavy (non-hydrogen) atoms. The van der Waals surface area contributed by atoms with E-state index in [9.17, 15) is 4.79 Å². The Morgan fingerprint density at radius 2 is 1.88 bits per heavy atom. The minimum absolute atomic E-state index is 0. The van der Waals surface area contributed by atoms with E-state index in [4.69, 9.17) is 9.47 Å². The second-order valence-corrected chi connectivity index (χ2v) is 6.62. The van der Waals surface area contributed by atoms with Gasteiger partial charge < -0.3 is 19.7 Å². The first-order valence-corrected chi connectivity index (χ1v) is 9.48. The molecule has 6 nitrogen and oxygen atoms in total. The fraction of sp³-hybridized carbons (Fsp3) is 0.889. The molecule has 0 radical (unpaired) electrons. The normalized spacial score (nSPS) is 19.6. The molecule has 2 aliphatic rings. The molecule has 1 N–H and O–H groups in total. The summed E-state index contributed by atoms with van der Waals surface area (Å²) in [6, 6.07) is 0. The number of aliphatic imine (C=N–C) groups is 1. The van der Waals surface area contributed by atoms with E-state index in [0.717, 1.165) is 51.5 Å². The summed E-state index contributed by atoms with van der Waals surface area (Å²) in [6.45, 7) is 5.71. The number of piperidine rings is 1. The van der Waals surface area contributed by atoms with Crippen LogP contribution in [0, 0.1) is 5.92 Å². The predicted molar refractivity (Wildman–Crippen MR) is 111 cm³/mol. The van der Waals surface area contributed by atoms with Crippen LogP contribution in [0.5, 0.6) is 0 Å². The minimum Gasteiger partial charge on any atom is -0.466 e. The highest BCUT2D eigenvalue weighted by Gasteiger charge is 2.27. The Balaban J connectivity index is 0.00000312. The average Bonchev–Trinajstić information content (AvgIpc) is 3.12. The van der Waals surface area contributed by atoms with Crippen molar-refractivity contribution in [2.24, 2.45) is 10.9 Å². The van der Waals surface area contributed by atoms with Crippen LogP contribution in [0.15, 0.2) is 4.99 Å². The minimum atomic E-state index is -0.0517. The number of esters is 1. The Bertz CT molecular complexity index is 406. The molecular weight excluding hydrogens is 433 g/mol. The Morgan fingerprint density at radius 1 is 1.20 bits per heavy atom. The van der Waals surface area contributed by atoms with Gasteiger partial charge in [-0.25, -0.2) is 0 Å². The quantitative estimate of drug-likeness (QED) is 0.205. The van der Waals surface area contributed by atoms with Crippen molar-refractivity contribution in [1.29, 1.82) is 0 Å². The van der Waals surface area contributed by atoms with Crippen LogP contribution in [0.2, 0.25) is 0 Å². The first-order valence-electron chi connectivity index (χ1n) is 9.48. The van der Waals surface area contributed by atoms with Crippen molar-refractivity contribution in [2.45, 2.75) is 58.0 Å². The largest absolute Gasteiger partial charge is 0.466 e. The molecule has 0 atom stereocenters. The van der Waals surface area contributed by atoms with Crippen molar-refractivity contribution < 1.29 is 14.3 Å². The van der Waals surface area contributed by atoms with Gasteiger partial charge >= 0.3 is 5.97 Å². The second kappa shape index (κ2) is 12.7. The van der Waals surface area contributed by atoms with Gasteiger partial charge in [0.15, 0.2) is 5.96 Å². The summed E-state index contributed by atoms with van der Waals surface area (Å²) in [4.78, 5) is 18.4. The molecular formula is C18H34IN3O3. The second-order valence-electron chi connectivity index (χ2n) is 6.62. The van der Waals surface area contributed by atoms with Gasteiger partial charge in [-0.2, -0.15) is 0 Å². The Kier molecular flexibility index (Phi) is 11.4. The van der Waals surface area contributed by atoms with E-state index in [1.165, 1.54) is 25.7 Å². The van der Waals surface area contributed by atoms with Crippen molar-refractivity contribution >= 4 is 35.9 Å². The van der Waals surface area contributed by atoms with Gasteiger partial charge in [-0.3, -0.25) is 9.79 Å². The number of likely N-dealkylation sites (tertiary alicyclic amines) is 1. The fourth-order valence-corrected chi connectivity index (χ4v) is 3.50.